The van der Waals surface area contributed by atoms with E-state index in [1.807, 2.05) is 31.2 Å². The van der Waals surface area contributed by atoms with Crippen molar-refractivity contribution in [3.8, 4) is 11.3 Å². The van der Waals surface area contributed by atoms with Crippen molar-refractivity contribution in [2.24, 2.45) is 0 Å². The molecule has 0 saturated carbocycles. The van der Waals surface area contributed by atoms with Crippen molar-refractivity contribution in [3.05, 3.63) is 35.9 Å². The van der Waals surface area contributed by atoms with Crippen molar-refractivity contribution < 1.29 is 9.90 Å². The highest BCUT2D eigenvalue weighted by Gasteiger charge is 2.13. The van der Waals surface area contributed by atoms with Crippen molar-refractivity contribution in [1.29, 1.82) is 0 Å². The minimum absolute atomic E-state index is 0.193. The van der Waals surface area contributed by atoms with Crippen molar-refractivity contribution >= 4 is 11.9 Å². The van der Waals surface area contributed by atoms with Gasteiger partial charge >= 0.3 is 6.09 Å². The van der Waals surface area contributed by atoms with Gasteiger partial charge in [0.15, 0.2) is 0 Å². The Hall–Kier alpha value is -2.30. The summed E-state index contributed by atoms with van der Waals surface area (Å²) in [4.78, 5) is 10.9. The van der Waals surface area contributed by atoms with Crippen LogP contribution in [0.15, 0.2) is 30.3 Å². The fourth-order valence-corrected chi connectivity index (χ4v) is 1.48. The van der Waals surface area contributed by atoms with Gasteiger partial charge in [-0.25, -0.2) is 4.79 Å². The Morgan fingerprint density at radius 1 is 1.38 bits per heavy atom. The number of hydrogen-bond donors (Lipinski definition) is 2. The van der Waals surface area contributed by atoms with Gasteiger partial charge in [0.1, 0.15) is 5.82 Å². The lowest BCUT2D eigenvalue weighted by Crippen LogP contribution is -2.11. The number of carboxylic acid groups (broad SMARTS) is 1. The van der Waals surface area contributed by atoms with Gasteiger partial charge in [0.05, 0.1) is 5.69 Å². The summed E-state index contributed by atoms with van der Waals surface area (Å²) in [6, 6.07) is 9.03. The lowest BCUT2D eigenvalue weighted by Gasteiger charge is -2.02. The summed E-state index contributed by atoms with van der Waals surface area (Å²) in [5.41, 5.74) is 7.85. The molecule has 1 aromatic carbocycles. The highest BCUT2D eigenvalue weighted by molar-refractivity contribution is 5.77. The Bertz CT molecular complexity index is 529. The maximum atomic E-state index is 10.9. The Morgan fingerprint density at radius 2 is 2.00 bits per heavy atom. The molecule has 0 atom stereocenters. The molecule has 0 unspecified atom stereocenters. The molecule has 16 heavy (non-hydrogen) atoms. The standard InChI is InChI=1S/C11H11N3O2/c1-7-2-4-8(5-3-7)9-6-10(12)13-14(9)11(15)16/h2-6H,1H3,(H2,12,13)(H,15,16). The summed E-state index contributed by atoms with van der Waals surface area (Å²) in [5.74, 6) is 0.193. The quantitative estimate of drug-likeness (QED) is 0.765. The van der Waals surface area contributed by atoms with Crippen LogP contribution in [0.4, 0.5) is 10.6 Å². The van der Waals surface area contributed by atoms with Gasteiger partial charge in [-0.05, 0) is 6.92 Å². The minimum Gasteiger partial charge on any atom is -0.463 e. The number of aryl methyl sites for hydroxylation is 1. The van der Waals surface area contributed by atoms with Crippen LogP contribution in [0.2, 0.25) is 0 Å². The lowest BCUT2D eigenvalue weighted by atomic mass is 10.1. The van der Waals surface area contributed by atoms with Crippen LogP contribution in [0.5, 0.6) is 0 Å². The van der Waals surface area contributed by atoms with Gasteiger partial charge in [-0.1, -0.05) is 29.8 Å². The minimum atomic E-state index is -1.15. The molecule has 5 heteroatoms. The monoisotopic (exact) mass is 217 g/mol. The van der Waals surface area contributed by atoms with E-state index in [4.69, 9.17) is 10.8 Å². The van der Waals surface area contributed by atoms with Crippen LogP contribution < -0.4 is 5.73 Å². The Morgan fingerprint density at radius 3 is 2.56 bits per heavy atom. The first kappa shape index (κ1) is 10.2. The number of aromatic nitrogens is 2. The summed E-state index contributed by atoms with van der Waals surface area (Å²) >= 11 is 0. The van der Waals surface area contributed by atoms with E-state index in [1.165, 1.54) is 0 Å². The van der Waals surface area contributed by atoms with Gasteiger partial charge in [-0.15, -0.1) is 5.10 Å². The normalized spacial score (nSPS) is 10.3. The molecule has 3 N–H and O–H groups in total. The van der Waals surface area contributed by atoms with E-state index in [-0.39, 0.29) is 5.82 Å². The molecule has 0 aliphatic heterocycles. The number of benzene rings is 1. The molecule has 0 saturated heterocycles. The molecule has 0 aliphatic rings. The van der Waals surface area contributed by atoms with E-state index in [1.54, 1.807) is 6.07 Å². The predicted molar refractivity (Wildman–Crippen MR) is 60.2 cm³/mol. The molecule has 5 nitrogen and oxygen atoms in total. The van der Waals surface area contributed by atoms with E-state index in [2.05, 4.69) is 5.10 Å². The fourth-order valence-electron chi connectivity index (χ4n) is 1.48. The molecule has 1 aromatic heterocycles. The zero-order chi connectivity index (χ0) is 11.7. The second kappa shape index (κ2) is 3.69. The van der Waals surface area contributed by atoms with E-state index < -0.39 is 6.09 Å². The largest absolute Gasteiger partial charge is 0.463 e. The van der Waals surface area contributed by atoms with Crippen LogP contribution >= 0.6 is 0 Å². The summed E-state index contributed by atoms with van der Waals surface area (Å²) in [6.07, 6.45) is -1.15. The first-order chi connectivity index (χ1) is 7.58. The van der Waals surface area contributed by atoms with Gasteiger partial charge in [-0.3, -0.25) is 0 Å². The van der Waals surface area contributed by atoms with E-state index in [0.717, 1.165) is 15.8 Å². The molecule has 0 amide bonds. The number of nitrogens with zero attached hydrogens (tertiary/aromatic N) is 2. The Balaban J connectivity index is 2.55. The van der Waals surface area contributed by atoms with E-state index in [9.17, 15) is 4.79 Å². The van der Waals surface area contributed by atoms with Crippen LogP contribution in [0.3, 0.4) is 0 Å². The van der Waals surface area contributed by atoms with Crippen molar-refractivity contribution in [3.63, 3.8) is 0 Å². The second-order valence-corrected chi connectivity index (χ2v) is 3.51. The molecule has 0 spiro atoms. The fraction of sp³-hybridized carbons (Fsp3) is 0.0909. The van der Waals surface area contributed by atoms with E-state index >= 15 is 0 Å². The molecule has 82 valence electrons. The van der Waals surface area contributed by atoms with Crippen LogP contribution in [0.1, 0.15) is 5.56 Å². The molecule has 0 fully saturated rings. The van der Waals surface area contributed by atoms with Crippen LogP contribution in [-0.4, -0.2) is 21.0 Å². The van der Waals surface area contributed by atoms with Crippen molar-refractivity contribution in [2.75, 3.05) is 5.73 Å². The Labute approximate surface area is 92.1 Å². The van der Waals surface area contributed by atoms with Gasteiger partial charge < -0.3 is 10.8 Å². The lowest BCUT2D eigenvalue weighted by molar-refractivity contribution is 0.193. The highest BCUT2D eigenvalue weighted by atomic mass is 16.4. The van der Waals surface area contributed by atoms with Crippen LogP contribution in [0.25, 0.3) is 11.3 Å². The second-order valence-electron chi connectivity index (χ2n) is 3.51. The van der Waals surface area contributed by atoms with Crippen LogP contribution in [-0.2, 0) is 0 Å². The zero-order valence-corrected chi connectivity index (χ0v) is 8.71. The molecular weight excluding hydrogens is 206 g/mol. The molecule has 0 aliphatic carbocycles. The summed E-state index contributed by atoms with van der Waals surface area (Å²) in [5, 5.41) is 12.6. The van der Waals surface area contributed by atoms with Gasteiger partial charge in [0.25, 0.3) is 0 Å². The average molecular weight is 217 g/mol. The first-order valence-electron chi connectivity index (χ1n) is 4.74. The number of rotatable bonds is 1. The van der Waals surface area contributed by atoms with Gasteiger partial charge in [-0.2, -0.15) is 4.68 Å². The molecule has 2 aromatic rings. The summed E-state index contributed by atoms with van der Waals surface area (Å²) < 4.78 is 0.875. The van der Waals surface area contributed by atoms with Crippen molar-refractivity contribution in [1.82, 2.24) is 9.78 Å². The summed E-state index contributed by atoms with van der Waals surface area (Å²) in [6.45, 7) is 1.96. The first-order valence-corrected chi connectivity index (χ1v) is 4.74. The third kappa shape index (κ3) is 1.75. The maximum absolute atomic E-state index is 10.9. The SMILES string of the molecule is Cc1ccc(-c2cc(N)nn2C(=O)O)cc1. The number of nitrogens with two attached hydrogens (primary N) is 1. The molecule has 0 bridgehead atoms. The smallest absolute Gasteiger partial charge is 0.432 e. The molecule has 2 rings (SSSR count). The molecular formula is C11H11N3O2. The zero-order valence-electron chi connectivity index (χ0n) is 8.71. The Kier molecular flexibility index (Phi) is 2.36. The molecule has 0 radical (unpaired) electrons. The van der Waals surface area contributed by atoms with Gasteiger partial charge in [0, 0.05) is 11.6 Å². The maximum Gasteiger partial charge on any atom is 0.432 e. The predicted octanol–water partition coefficient (Wildman–Crippen LogP) is 1.97. The number of hydrogen-bond acceptors (Lipinski definition) is 3. The van der Waals surface area contributed by atoms with Crippen LogP contribution in [0, 0.1) is 6.92 Å². The van der Waals surface area contributed by atoms with Crippen molar-refractivity contribution in [2.45, 2.75) is 6.92 Å². The van der Waals surface area contributed by atoms with E-state index in [0.29, 0.717) is 5.69 Å². The summed E-state index contributed by atoms with van der Waals surface area (Å²) in [7, 11) is 0. The third-order valence-corrected chi connectivity index (χ3v) is 2.26. The molecule has 1 heterocycles. The highest BCUT2D eigenvalue weighted by Crippen LogP contribution is 2.21. The average Bonchev–Trinajstić information content (AvgIpc) is 2.61. The number of carbonyl (C=O) groups is 1. The van der Waals surface area contributed by atoms with Gasteiger partial charge in [0.2, 0.25) is 0 Å². The third-order valence-electron chi connectivity index (χ3n) is 2.26. The number of nitrogen functional groups attached to an aromatic ring is 1. The number of anilines is 1. The topological polar surface area (TPSA) is 81.1 Å².